The lowest BCUT2D eigenvalue weighted by Crippen LogP contribution is -2.21. The molecule has 0 saturated heterocycles. The van der Waals surface area contributed by atoms with E-state index >= 15 is 0 Å². The summed E-state index contributed by atoms with van der Waals surface area (Å²) >= 11 is 0. The monoisotopic (exact) mass is 388 g/mol. The fourth-order valence-corrected chi connectivity index (χ4v) is 3.95. The zero-order chi connectivity index (χ0) is 20.5. The highest BCUT2D eigenvalue weighted by Gasteiger charge is 2.20. The topological polar surface area (TPSA) is 34.9 Å². The summed E-state index contributed by atoms with van der Waals surface area (Å²) in [5.41, 5.74) is 5.87. The molecule has 3 nitrogen and oxygen atoms in total. The summed E-state index contributed by atoms with van der Waals surface area (Å²) in [5.74, 6) is 0. The molecule has 0 N–H and O–H groups in total. The van der Waals surface area contributed by atoms with Gasteiger partial charge in [0.15, 0.2) is 0 Å². The molecule has 3 aromatic carbocycles. The molecule has 5 rings (SSSR count). The smallest absolute Gasteiger partial charge is 0.263 e. The third kappa shape index (κ3) is 3.01. The van der Waals surface area contributed by atoms with E-state index in [1.54, 1.807) is 12.4 Å². The lowest BCUT2D eigenvalue weighted by molar-refractivity contribution is 1.02. The number of rotatable bonds is 3. The van der Waals surface area contributed by atoms with Gasteiger partial charge in [-0.15, -0.1) is 0 Å². The van der Waals surface area contributed by atoms with Crippen molar-refractivity contribution in [1.82, 2.24) is 9.55 Å². The van der Waals surface area contributed by atoms with Gasteiger partial charge in [0.25, 0.3) is 5.56 Å². The maximum absolute atomic E-state index is 13.7. The predicted octanol–water partition coefficient (Wildman–Crippen LogP) is 6.03. The van der Waals surface area contributed by atoms with Gasteiger partial charge >= 0.3 is 0 Å². The molecule has 0 spiro atoms. The number of aryl methyl sites for hydroxylation is 1. The highest BCUT2D eigenvalue weighted by molar-refractivity contribution is 6.02. The summed E-state index contributed by atoms with van der Waals surface area (Å²) in [6.45, 7) is 2.05. The zero-order valence-electron chi connectivity index (χ0n) is 16.6. The van der Waals surface area contributed by atoms with Gasteiger partial charge in [-0.1, -0.05) is 78.4 Å². The van der Waals surface area contributed by atoms with Crippen molar-refractivity contribution in [3.05, 3.63) is 119 Å². The van der Waals surface area contributed by atoms with E-state index in [4.69, 9.17) is 0 Å². The van der Waals surface area contributed by atoms with Crippen LogP contribution in [0.4, 0.5) is 0 Å². The molecule has 5 aromatic rings. The largest absolute Gasteiger partial charge is 0.276 e. The van der Waals surface area contributed by atoms with Crippen molar-refractivity contribution in [2.45, 2.75) is 6.92 Å². The lowest BCUT2D eigenvalue weighted by atomic mass is 9.94. The third-order valence-corrected chi connectivity index (χ3v) is 5.39. The van der Waals surface area contributed by atoms with Crippen LogP contribution in [0.25, 0.3) is 38.8 Å². The van der Waals surface area contributed by atoms with Crippen LogP contribution >= 0.6 is 0 Å². The van der Waals surface area contributed by atoms with Gasteiger partial charge in [-0.2, -0.15) is 0 Å². The van der Waals surface area contributed by atoms with E-state index in [1.807, 2.05) is 90.4 Å². The lowest BCUT2D eigenvalue weighted by Gasteiger charge is -2.20. The van der Waals surface area contributed by atoms with Gasteiger partial charge < -0.3 is 0 Å². The van der Waals surface area contributed by atoms with Gasteiger partial charge in [0.05, 0.1) is 11.1 Å². The summed E-state index contributed by atoms with van der Waals surface area (Å²) in [7, 11) is 0. The van der Waals surface area contributed by atoms with Crippen molar-refractivity contribution >= 4 is 10.8 Å². The predicted molar refractivity (Wildman–Crippen MR) is 123 cm³/mol. The normalized spacial score (nSPS) is 11.0. The van der Waals surface area contributed by atoms with Crippen LogP contribution in [0.3, 0.4) is 0 Å². The molecule has 30 heavy (non-hydrogen) atoms. The second kappa shape index (κ2) is 7.45. The Balaban J connectivity index is 2.02. The molecular formula is C27H20N2O. The number of hydrogen-bond acceptors (Lipinski definition) is 2. The second-order valence-electron chi connectivity index (χ2n) is 7.35. The van der Waals surface area contributed by atoms with Gasteiger partial charge in [0.2, 0.25) is 0 Å². The van der Waals surface area contributed by atoms with E-state index in [2.05, 4.69) is 17.1 Å². The molecule has 0 bridgehead atoms. The van der Waals surface area contributed by atoms with Crippen LogP contribution in [0.1, 0.15) is 5.56 Å². The number of nitrogens with zero attached hydrogens (tertiary/aromatic N) is 2. The number of hydrogen-bond donors (Lipinski definition) is 0. The van der Waals surface area contributed by atoms with Gasteiger partial charge in [-0.3, -0.25) is 14.3 Å². The highest BCUT2D eigenvalue weighted by atomic mass is 16.1. The number of benzene rings is 3. The Morgan fingerprint density at radius 2 is 1.33 bits per heavy atom. The third-order valence-electron chi connectivity index (χ3n) is 5.39. The molecule has 0 aliphatic carbocycles. The second-order valence-corrected chi connectivity index (χ2v) is 7.35. The molecule has 0 fully saturated rings. The van der Waals surface area contributed by atoms with Gasteiger partial charge in [-0.25, -0.2) is 0 Å². The molecule has 0 unspecified atom stereocenters. The molecule has 2 aromatic heterocycles. The molecule has 0 atom stereocenters. The van der Waals surface area contributed by atoms with Crippen molar-refractivity contribution in [3.8, 4) is 28.1 Å². The van der Waals surface area contributed by atoms with E-state index in [-0.39, 0.29) is 5.56 Å². The Hall–Kier alpha value is -3.98. The zero-order valence-corrected chi connectivity index (χ0v) is 16.6. The quantitative estimate of drug-likeness (QED) is 0.378. The standard InChI is InChI=1S/C27H20N2O/c1-19-12-14-22(15-13-19)29-26(21-10-6-3-7-11-21)25(20-8-4-2-5-9-20)24-18-28-17-16-23(24)27(29)30/h2-18H,1H3. The maximum atomic E-state index is 13.7. The van der Waals surface area contributed by atoms with Crippen LogP contribution < -0.4 is 5.56 Å². The Morgan fingerprint density at radius 3 is 2.00 bits per heavy atom. The first-order chi connectivity index (χ1) is 14.7. The minimum atomic E-state index is -0.0465. The number of pyridine rings is 2. The summed E-state index contributed by atoms with van der Waals surface area (Å²) in [6, 6.07) is 30.2. The van der Waals surface area contributed by atoms with Crippen LogP contribution in [0, 0.1) is 6.92 Å². The Kier molecular flexibility index (Phi) is 4.49. The van der Waals surface area contributed by atoms with Gasteiger partial charge in [0, 0.05) is 29.0 Å². The maximum Gasteiger partial charge on any atom is 0.263 e. The number of aromatic nitrogens is 2. The first-order valence-corrected chi connectivity index (χ1v) is 9.94. The summed E-state index contributed by atoms with van der Waals surface area (Å²) < 4.78 is 1.83. The van der Waals surface area contributed by atoms with Crippen LogP contribution in [-0.2, 0) is 0 Å². The molecule has 2 heterocycles. The average molecular weight is 388 g/mol. The summed E-state index contributed by atoms with van der Waals surface area (Å²) in [6.07, 6.45) is 3.48. The molecular weight excluding hydrogens is 368 g/mol. The van der Waals surface area contributed by atoms with E-state index in [0.29, 0.717) is 5.39 Å². The molecule has 0 aliphatic heterocycles. The molecule has 0 aliphatic rings. The van der Waals surface area contributed by atoms with Crippen LogP contribution in [0.5, 0.6) is 0 Å². The van der Waals surface area contributed by atoms with Gasteiger partial charge in [-0.05, 0) is 36.2 Å². The fourth-order valence-electron chi connectivity index (χ4n) is 3.95. The van der Waals surface area contributed by atoms with E-state index in [0.717, 1.165) is 39.0 Å². The Morgan fingerprint density at radius 1 is 0.700 bits per heavy atom. The van der Waals surface area contributed by atoms with E-state index < -0.39 is 0 Å². The molecule has 3 heteroatoms. The molecule has 0 saturated carbocycles. The first-order valence-electron chi connectivity index (χ1n) is 9.94. The fraction of sp³-hybridized carbons (Fsp3) is 0.0370. The molecule has 0 amide bonds. The van der Waals surface area contributed by atoms with Crippen molar-refractivity contribution in [2.75, 3.05) is 0 Å². The first kappa shape index (κ1) is 18.1. The highest BCUT2D eigenvalue weighted by Crippen LogP contribution is 2.37. The van der Waals surface area contributed by atoms with Crippen molar-refractivity contribution in [3.63, 3.8) is 0 Å². The summed E-state index contributed by atoms with van der Waals surface area (Å²) in [5, 5.41) is 1.51. The average Bonchev–Trinajstić information content (AvgIpc) is 2.81. The molecule has 144 valence electrons. The van der Waals surface area contributed by atoms with Crippen molar-refractivity contribution in [1.29, 1.82) is 0 Å². The van der Waals surface area contributed by atoms with Crippen molar-refractivity contribution in [2.24, 2.45) is 0 Å². The Bertz CT molecular complexity index is 1390. The SMILES string of the molecule is Cc1ccc(-n2c(-c3ccccc3)c(-c3ccccc3)c3cnccc3c2=O)cc1. The van der Waals surface area contributed by atoms with E-state index in [9.17, 15) is 4.79 Å². The minimum Gasteiger partial charge on any atom is -0.276 e. The van der Waals surface area contributed by atoms with Crippen molar-refractivity contribution < 1.29 is 0 Å². The Labute approximate surface area is 174 Å². The van der Waals surface area contributed by atoms with E-state index in [1.165, 1.54) is 0 Å². The molecule has 0 radical (unpaired) electrons. The number of fused-ring (bicyclic) bond motifs is 1. The van der Waals surface area contributed by atoms with Gasteiger partial charge in [0.1, 0.15) is 0 Å². The van der Waals surface area contributed by atoms with Crippen LogP contribution in [0.2, 0.25) is 0 Å². The van der Waals surface area contributed by atoms with Crippen LogP contribution in [-0.4, -0.2) is 9.55 Å². The minimum absolute atomic E-state index is 0.0465. The summed E-state index contributed by atoms with van der Waals surface area (Å²) in [4.78, 5) is 18.1. The van der Waals surface area contributed by atoms with Crippen LogP contribution in [0.15, 0.2) is 108 Å².